The molecule has 6 heteroatoms. The van der Waals surface area contributed by atoms with Gasteiger partial charge in [0, 0.05) is 53.5 Å². The highest BCUT2D eigenvalue weighted by Crippen LogP contribution is 2.33. The number of aromatic hydroxyl groups is 1. The smallest absolute Gasteiger partial charge is 0.116 e. The van der Waals surface area contributed by atoms with Crippen LogP contribution in [0.2, 0.25) is 5.02 Å². The van der Waals surface area contributed by atoms with Gasteiger partial charge in [-0.05, 0) is 55.6 Å². The lowest BCUT2D eigenvalue weighted by Gasteiger charge is -2.38. The summed E-state index contributed by atoms with van der Waals surface area (Å²) in [7, 11) is 2.12. The van der Waals surface area contributed by atoms with E-state index in [1.54, 1.807) is 6.07 Å². The molecule has 0 amide bonds. The van der Waals surface area contributed by atoms with E-state index in [0.717, 1.165) is 54.2 Å². The Hall–Kier alpha value is -2.99. The quantitative estimate of drug-likeness (QED) is 0.312. The van der Waals surface area contributed by atoms with Gasteiger partial charge in [-0.1, -0.05) is 49.0 Å². The number of nitrogens with one attached hydrogen (secondary N) is 2. The predicted octanol–water partition coefficient (Wildman–Crippen LogP) is 5.30. The molecule has 0 spiro atoms. The number of halogens is 1. The van der Waals surface area contributed by atoms with Crippen molar-refractivity contribution in [3.63, 3.8) is 0 Å². The molecule has 1 aromatic heterocycles. The van der Waals surface area contributed by atoms with Gasteiger partial charge in [-0.3, -0.25) is 4.90 Å². The average molecular weight is 465 g/mol. The Balaban J connectivity index is 0.000000374. The van der Waals surface area contributed by atoms with Crippen LogP contribution in [0.15, 0.2) is 86.2 Å². The molecular formula is C27H33ClN4O. The van der Waals surface area contributed by atoms with Crippen molar-refractivity contribution in [2.24, 2.45) is 0 Å². The van der Waals surface area contributed by atoms with Crippen LogP contribution in [0.1, 0.15) is 11.3 Å². The number of aromatic nitrogens is 1. The maximum atomic E-state index is 9.87. The van der Waals surface area contributed by atoms with Gasteiger partial charge in [-0.15, -0.1) is 6.58 Å². The van der Waals surface area contributed by atoms with Crippen LogP contribution >= 0.6 is 11.6 Å². The number of fused-ring (bicyclic) bond motifs is 3. The van der Waals surface area contributed by atoms with E-state index in [9.17, 15) is 5.11 Å². The van der Waals surface area contributed by atoms with Crippen LogP contribution in [-0.4, -0.2) is 52.6 Å². The summed E-state index contributed by atoms with van der Waals surface area (Å²) in [6, 6.07) is 15.1. The number of hydrogen-bond donors (Lipinski definition) is 3. The van der Waals surface area contributed by atoms with E-state index in [0.29, 0.717) is 5.75 Å². The zero-order chi connectivity index (χ0) is 23.8. The average Bonchev–Trinajstić information content (AvgIpc) is 3.15. The van der Waals surface area contributed by atoms with Crippen molar-refractivity contribution in [3.8, 4) is 5.75 Å². The van der Waals surface area contributed by atoms with Crippen molar-refractivity contribution in [2.75, 3.05) is 26.7 Å². The minimum atomic E-state index is 0.196. The van der Waals surface area contributed by atoms with E-state index in [-0.39, 0.29) is 6.04 Å². The van der Waals surface area contributed by atoms with Crippen molar-refractivity contribution >= 4 is 22.5 Å². The molecule has 3 N–H and O–H groups in total. The number of phenolic OH excluding ortho intramolecular Hbond substituents is 1. The summed E-state index contributed by atoms with van der Waals surface area (Å²) in [6.45, 7) is 15.3. The molecule has 5 nitrogen and oxygen atoms in total. The fourth-order valence-corrected chi connectivity index (χ4v) is 4.25. The molecule has 174 valence electrons. The first-order valence-electron chi connectivity index (χ1n) is 11.1. The number of phenols is 1. The minimum Gasteiger partial charge on any atom is -0.508 e. The SMILES string of the molecule is C=CCNCCN(C=C)C(=C)[C@@H]1Cc2c([nH]c3ccc(O)cc23)CN1C.Clc1ccccc1. The minimum absolute atomic E-state index is 0.196. The Kier molecular flexibility index (Phi) is 8.78. The predicted molar refractivity (Wildman–Crippen MR) is 139 cm³/mol. The van der Waals surface area contributed by atoms with E-state index >= 15 is 0 Å². The van der Waals surface area contributed by atoms with Gasteiger partial charge < -0.3 is 20.3 Å². The fourth-order valence-electron chi connectivity index (χ4n) is 4.10. The van der Waals surface area contributed by atoms with E-state index in [1.807, 2.05) is 54.7 Å². The Morgan fingerprint density at radius 2 is 2.03 bits per heavy atom. The lowest BCUT2D eigenvalue weighted by Crippen LogP contribution is -2.43. The van der Waals surface area contributed by atoms with E-state index < -0.39 is 0 Å². The van der Waals surface area contributed by atoms with Crippen LogP contribution in [0.5, 0.6) is 5.75 Å². The first kappa shape index (κ1) is 24.6. The molecule has 0 unspecified atom stereocenters. The third kappa shape index (κ3) is 6.29. The van der Waals surface area contributed by atoms with Crippen molar-refractivity contribution in [1.29, 1.82) is 0 Å². The number of likely N-dealkylation sites (N-methyl/N-ethyl adjacent to an activating group) is 1. The lowest BCUT2D eigenvalue weighted by atomic mass is 9.95. The molecule has 4 rings (SSSR count). The maximum Gasteiger partial charge on any atom is 0.116 e. The van der Waals surface area contributed by atoms with Crippen molar-refractivity contribution in [1.82, 2.24) is 20.1 Å². The largest absolute Gasteiger partial charge is 0.508 e. The number of hydrogen-bond acceptors (Lipinski definition) is 4. The molecule has 0 aliphatic carbocycles. The van der Waals surface area contributed by atoms with Gasteiger partial charge >= 0.3 is 0 Å². The van der Waals surface area contributed by atoms with Crippen LogP contribution in [0.4, 0.5) is 0 Å². The first-order valence-corrected chi connectivity index (χ1v) is 11.4. The molecule has 0 saturated heterocycles. The van der Waals surface area contributed by atoms with Gasteiger partial charge in [0.05, 0.1) is 6.04 Å². The van der Waals surface area contributed by atoms with E-state index in [4.69, 9.17) is 11.6 Å². The second kappa shape index (κ2) is 11.8. The third-order valence-corrected chi connectivity index (χ3v) is 6.09. The molecule has 1 aliphatic rings. The summed E-state index contributed by atoms with van der Waals surface area (Å²) in [6.07, 6.45) is 4.57. The van der Waals surface area contributed by atoms with Gasteiger partial charge in [0.2, 0.25) is 0 Å². The molecule has 1 aliphatic heterocycles. The zero-order valence-corrected chi connectivity index (χ0v) is 20.0. The Morgan fingerprint density at radius 3 is 2.67 bits per heavy atom. The summed E-state index contributed by atoms with van der Waals surface area (Å²) in [5, 5.41) is 15.1. The molecule has 0 saturated carbocycles. The molecule has 2 aromatic carbocycles. The third-order valence-electron chi connectivity index (χ3n) is 5.84. The van der Waals surface area contributed by atoms with Crippen LogP contribution in [0, 0.1) is 0 Å². The number of H-pyrrole nitrogens is 1. The van der Waals surface area contributed by atoms with E-state index in [2.05, 4.69) is 46.9 Å². The molecule has 33 heavy (non-hydrogen) atoms. The highest BCUT2D eigenvalue weighted by Gasteiger charge is 2.30. The summed E-state index contributed by atoms with van der Waals surface area (Å²) >= 11 is 5.54. The summed E-state index contributed by atoms with van der Waals surface area (Å²) < 4.78 is 0. The van der Waals surface area contributed by atoms with Crippen LogP contribution in [0.25, 0.3) is 10.9 Å². The van der Waals surface area contributed by atoms with Gasteiger partial charge in [-0.2, -0.15) is 0 Å². The summed E-state index contributed by atoms with van der Waals surface area (Å²) in [5.74, 6) is 0.301. The van der Waals surface area contributed by atoms with Crippen molar-refractivity contribution < 1.29 is 5.11 Å². The Morgan fingerprint density at radius 1 is 1.27 bits per heavy atom. The molecule has 0 radical (unpaired) electrons. The van der Waals surface area contributed by atoms with Crippen LogP contribution in [0.3, 0.4) is 0 Å². The van der Waals surface area contributed by atoms with E-state index in [1.165, 1.54) is 11.3 Å². The topological polar surface area (TPSA) is 54.5 Å². The second-order valence-corrected chi connectivity index (χ2v) is 8.54. The molecule has 1 atom stereocenters. The van der Waals surface area contributed by atoms with Crippen molar-refractivity contribution in [2.45, 2.75) is 19.0 Å². The van der Waals surface area contributed by atoms with Gasteiger partial charge in [-0.25, -0.2) is 0 Å². The number of benzene rings is 2. The van der Waals surface area contributed by atoms with Crippen LogP contribution < -0.4 is 5.32 Å². The molecule has 2 heterocycles. The molecule has 0 bridgehead atoms. The lowest BCUT2D eigenvalue weighted by molar-refractivity contribution is 0.212. The Bertz CT molecular complexity index is 1090. The van der Waals surface area contributed by atoms with Crippen LogP contribution in [-0.2, 0) is 13.0 Å². The number of aromatic amines is 1. The monoisotopic (exact) mass is 464 g/mol. The second-order valence-electron chi connectivity index (χ2n) is 8.10. The fraction of sp³-hybridized carbons (Fsp3) is 0.259. The summed E-state index contributed by atoms with van der Waals surface area (Å²) in [4.78, 5) is 7.92. The number of nitrogens with zero attached hydrogens (tertiary/aromatic N) is 2. The zero-order valence-electron chi connectivity index (χ0n) is 19.2. The highest BCUT2D eigenvalue weighted by atomic mass is 35.5. The molecular weight excluding hydrogens is 432 g/mol. The van der Waals surface area contributed by atoms with Gasteiger partial charge in [0.25, 0.3) is 0 Å². The first-order chi connectivity index (χ1) is 15.9. The molecule has 3 aromatic rings. The summed E-state index contributed by atoms with van der Waals surface area (Å²) in [5.41, 5.74) is 4.61. The highest BCUT2D eigenvalue weighted by molar-refractivity contribution is 6.30. The maximum absolute atomic E-state index is 9.87. The van der Waals surface area contributed by atoms with Gasteiger partial charge in [0.1, 0.15) is 5.75 Å². The van der Waals surface area contributed by atoms with Crippen molar-refractivity contribution in [3.05, 3.63) is 103 Å². The van der Waals surface area contributed by atoms with Gasteiger partial charge in [0.15, 0.2) is 0 Å². The standard InChI is InChI=1S/C21H28N4O.C6H5Cl/c1-5-9-22-10-11-25(6-2)15(3)21-13-18-17-12-16(26)7-8-19(17)23-20(18)14-24(21)4;7-6-4-2-1-3-5-6/h5-8,12,21-23,26H,1-3,9-11,13-14H2,4H3;1-5H/t21-;/m0./s1. The molecule has 0 fully saturated rings. The normalized spacial score (nSPS) is 15.3. The Labute approximate surface area is 201 Å². The number of rotatable bonds is 8.